The van der Waals surface area contributed by atoms with Crippen LogP contribution in [0.15, 0.2) is 47.6 Å². The lowest BCUT2D eigenvalue weighted by atomic mass is 10.2. The van der Waals surface area contributed by atoms with E-state index in [1.54, 1.807) is 43.3 Å². The third-order valence-corrected chi connectivity index (χ3v) is 3.65. The van der Waals surface area contributed by atoms with Gasteiger partial charge in [-0.3, -0.25) is 9.59 Å². The smallest absolute Gasteiger partial charge is 0.265 e. The van der Waals surface area contributed by atoms with Crippen LogP contribution in [-0.4, -0.2) is 24.3 Å². The maximum absolute atomic E-state index is 13.4. The Balaban J connectivity index is 1.77. The summed E-state index contributed by atoms with van der Waals surface area (Å²) in [7, 11) is 0. The van der Waals surface area contributed by atoms with Crippen LogP contribution in [0.4, 0.5) is 15.8 Å². The van der Waals surface area contributed by atoms with Crippen molar-refractivity contribution in [3.8, 4) is 0 Å². The lowest BCUT2D eigenvalue weighted by Gasteiger charge is -2.07. The van der Waals surface area contributed by atoms with Crippen LogP contribution in [0.1, 0.15) is 12.0 Å². The molecule has 2 amide bonds. The predicted octanol–water partition coefficient (Wildman–Crippen LogP) is 3.04. The molecule has 0 aliphatic heterocycles. The molecular weight excluding hydrogens is 375 g/mol. The van der Waals surface area contributed by atoms with Gasteiger partial charge in [0, 0.05) is 5.69 Å². The van der Waals surface area contributed by atoms with E-state index in [1.807, 2.05) is 0 Å². The maximum atomic E-state index is 13.4. The Kier molecular flexibility index (Phi) is 7.13. The van der Waals surface area contributed by atoms with Crippen molar-refractivity contribution in [2.45, 2.75) is 13.3 Å². The summed E-state index contributed by atoms with van der Waals surface area (Å²) in [4.78, 5) is 28.4. The minimum Gasteiger partial charge on any atom is -0.384 e. The molecule has 142 valence electrons. The molecule has 0 aliphatic rings. The molecule has 0 fully saturated rings. The Morgan fingerprint density at radius 3 is 2.63 bits per heavy atom. The molecule has 0 atom stereocenters. The Labute approximate surface area is 160 Å². The third kappa shape index (κ3) is 6.59. The van der Waals surface area contributed by atoms with Crippen LogP contribution in [-0.2, 0) is 14.4 Å². The van der Waals surface area contributed by atoms with Crippen LogP contribution >= 0.6 is 11.6 Å². The van der Waals surface area contributed by atoms with Crippen molar-refractivity contribution in [1.29, 1.82) is 0 Å². The van der Waals surface area contributed by atoms with E-state index < -0.39 is 24.2 Å². The SMILES string of the molecule is Cc1ccc(NC(=O)CON=C(N)CC(=O)Nc2ccccc2Cl)cc1F. The van der Waals surface area contributed by atoms with Gasteiger partial charge in [0.15, 0.2) is 6.61 Å². The van der Waals surface area contributed by atoms with Crippen molar-refractivity contribution >= 4 is 40.6 Å². The fraction of sp³-hybridized carbons (Fsp3) is 0.167. The summed E-state index contributed by atoms with van der Waals surface area (Å²) in [5.41, 5.74) is 6.80. The zero-order valence-corrected chi connectivity index (χ0v) is 15.2. The van der Waals surface area contributed by atoms with E-state index in [0.717, 1.165) is 0 Å². The molecule has 4 N–H and O–H groups in total. The van der Waals surface area contributed by atoms with Crippen molar-refractivity contribution < 1.29 is 18.8 Å². The summed E-state index contributed by atoms with van der Waals surface area (Å²) in [5.74, 6) is -1.53. The number of nitrogens with zero attached hydrogens (tertiary/aromatic N) is 1. The number of nitrogens with one attached hydrogen (secondary N) is 2. The predicted molar refractivity (Wildman–Crippen MR) is 102 cm³/mol. The van der Waals surface area contributed by atoms with Gasteiger partial charge in [-0.15, -0.1) is 0 Å². The number of hydrogen-bond donors (Lipinski definition) is 3. The van der Waals surface area contributed by atoms with Crippen LogP contribution in [0.2, 0.25) is 5.02 Å². The van der Waals surface area contributed by atoms with Gasteiger partial charge in [-0.05, 0) is 36.8 Å². The van der Waals surface area contributed by atoms with Gasteiger partial charge in [-0.25, -0.2) is 4.39 Å². The molecule has 0 bridgehead atoms. The summed E-state index contributed by atoms with van der Waals surface area (Å²) in [5, 5.41) is 8.93. The van der Waals surface area contributed by atoms with E-state index in [4.69, 9.17) is 22.2 Å². The number of carbonyl (C=O) groups excluding carboxylic acids is 2. The molecule has 27 heavy (non-hydrogen) atoms. The average molecular weight is 393 g/mol. The van der Waals surface area contributed by atoms with Gasteiger partial charge in [0.1, 0.15) is 11.7 Å². The molecule has 0 aliphatic carbocycles. The number of aryl methyl sites for hydroxylation is 1. The van der Waals surface area contributed by atoms with E-state index >= 15 is 0 Å². The average Bonchev–Trinajstić information content (AvgIpc) is 2.60. The number of amides is 2. The molecule has 0 saturated heterocycles. The number of anilines is 2. The van der Waals surface area contributed by atoms with Crippen LogP contribution in [0.25, 0.3) is 0 Å². The number of hydrogen-bond acceptors (Lipinski definition) is 4. The third-order valence-electron chi connectivity index (χ3n) is 3.32. The number of nitrogens with two attached hydrogens (primary N) is 1. The van der Waals surface area contributed by atoms with Gasteiger partial charge in [0.25, 0.3) is 5.91 Å². The molecular formula is C18H18ClFN4O3. The van der Waals surface area contributed by atoms with Gasteiger partial charge in [-0.2, -0.15) is 0 Å². The van der Waals surface area contributed by atoms with Crippen molar-refractivity contribution in [3.63, 3.8) is 0 Å². The minimum absolute atomic E-state index is 0.117. The van der Waals surface area contributed by atoms with Gasteiger partial charge in [0.2, 0.25) is 5.91 Å². The van der Waals surface area contributed by atoms with Crippen molar-refractivity contribution in [2.24, 2.45) is 10.9 Å². The fourth-order valence-electron chi connectivity index (χ4n) is 2.00. The lowest BCUT2D eigenvalue weighted by molar-refractivity contribution is -0.120. The number of para-hydroxylation sites is 1. The number of oxime groups is 1. The Morgan fingerprint density at radius 1 is 1.19 bits per heavy atom. The van der Waals surface area contributed by atoms with Gasteiger partial charge < -0.3 is 21.2 Å². The van der Waals surface area contributed by atoms with Crippen molar-refractivity contribution in [3.05, 3.63) is 58.9 Å². The summed E-state index contributed by atoms with van der Waals surface area (Å²) < 4.78 is 13.4. The molecule has 0 spiro atoms. The highest BCUT2D eigenvalue weighted by molar-refractivity contribution is 6.33. The molecule has 0 aromatic heterocycles. The maximum Gasteiger partial charge on any atom is 0.265 e. The first-order valence-electron chi connectivity index (χ1n) is 7.90. The highest BCUT2D eigenvalue weighted by atomic mass is 35.5. The van der Waals surface area contributed by atoms with Crippen LogP contribution in [0.3, 0.4) is 0 Å². The molecule has 2 rings (SSSR count). The zero-order valence-electron chi connectivity index (χ0n) is 14.5. The minimum atomic E-state index is -0.546. The van der Waals surface area contributed by atoms with E-state index in [-0.39, 0.29) is 12.3 Å². The second-order valence-corrected chi connectivity index (χ2v) is 5.98. The molecule has 0 heterocycles. The van der Waals surface area contributed by atoms with E-state index in [1.165, 1.54) is 6.07 Å². The van der Waals surface area contributed by atoms with Gasteiger partial charge >= 0.3 is 0 Å². The first-order valence-corrected chi connectivity index (χ1v) is 8.27. The van der Waals surface area contributed by atoms with E-state index in [9.17, 15) is 14.0 Å². The van der Waals surface area contributed by atoms with Crippen LogP contribution in [0.5, 0.6) is 0 Å². The number of rotatable bonds is 7. The van der Waals surface area contributed by atoms with Crippen LogP contribution < -0.4 is 16.4 Å². The lowest BCUT2D eigenvalue weighted by Crippen LogP contribution is -2.23. The molecule has 2 aromatic rings. The first kappa shape index (κ1) is 20.2. The van der Waals surface area contributed by atoms with Crippen molar-refractivity contribution in [1.82, 2.24) is 0 Å². The molecule has 0 unspecified atom stereocenters. The van der Waals surface area contributed by atoms with E-state index in [0.29, 0.717) is 22.0 Å². The summed E-state index contributed by atoms with van der Waals surface area (Å²) in [6.45, 7) is 1.17. The molecule has 2 aromatic carbocycles. The zero-order chi connectivity index (χ0) is 19.8. The highest BCUT2D eigenvalue weighted by Gasteiger charge is 2.09. The second kappa shape index (κ2) is 9.54. The van der Waals surface area contributed by atoms with Crippen molar-refractivity contribution in [2.75, 3.05) is 17.2 Å². The number of carbonyl (C=O) groups is 2. The summed E-state index contributed by atoms with van der Waals surface area (Å²) in [6.07, 6.45) is -0.240. The molecule has 0 saturated carbocycles. The first-order chi connectivity index (χ1) is 12.8. The Bertz CT molecular complexity index is 873. The summed E-state index contributed by atoms with van der Waals surface area (Å²) >= 11 is 5.94. The van der Waals surface area contributed by atoms with Gasteiger partial charge in [-0.1, -0.05) is 35.0 Å². The standard InChI is InChI=1S/C18H18ClFN4O3/c1-11-6-7-12(8-14(11)20)22-18(26)10-27-24-16(21)9-17(25)23-15-5-3-2-4-13(15)19/h2-8H,9-10H2,1H3,(H2,21,24)(H,22,26)(H,23,25). The largest absolute Gasteiger partial charge is 0.384 e. The molecule has 0 radical (unpaired) electrons. The quantitative estimate of drug-likeness (QED) is 0.382. The molecule has 9 heteroatoms. The molecule has 7 nitrogen and oxygen atoms in total. The normalized spacial score (nSPS) is 11.0. The van der Waals surface area contributed by atoms with Gasteiger partial charge in [0.05, 0.1) is 17.1 Å². The second-order valence-electron chi connectivity index (χ2n) is 5.57. The topological polar surface area (TPSA) is 106 Å². The number of benzene rings is 2. The number of amidine groups is 1. The summed E-state index contributed by atoms with van der Waals surface area (Å²) in [6, 6.07) is 11.0. The van der Waals surface area contributed by atoms with E-state index in [2.05, 4.69) is 15.8 Å². The van der Waals surface area contributed by atoms with Crippen LogP contribution in [0, 0.1) is 12.7 Å². The Hall–Kier alpha value is -3.13. The fourth-order valence-corrected chi connectivity index (χ4v) is 2.18. The Morgan fingerprint density at radius 2 is 1.93 bits per heavy atom. The monoisotopic (exact) mass is 392 g/mol. The number of halogens is 2. The highest BCUT2D eigenvalue weighted by Crippen LogP contribution is 2.20.